The Morgan fingerprint density at radius 1 is 1.24 bits per heavy atom. The topological polar surface area (TPSA) is 86.6 Å². The summed E-state index contributed by atoms with van der Waals surface area (Å²) in [5, 5.41) is 12.7. The van der Waals surface area contributed by atoms with Crippen LogP contribution < -0.4 is 5.32 Å². The smallest absolute Gasteiger partial charge is 0.264 e. The van der Waals surface area contributed by atoms with Gasteiger partial charge in [-0.2, -0.15) is 8.42 Å². The summed E-state index contributed by atoms with van der Waals surface area (Å²) < 4.78 is 29.4. The number of aliphatic hydroxyl groups excluding tert-OH is 1. The molecule has 1 rings (SSSR count). The zero-order chi connectivity index (χ0) is 12.7. The van der Waals surface area contributed by atoms with Gasteiger partial charge in [0.2, 0.25) is 0 Å². The largest absolute Gasteiger partial charge is 0.387 e. The van der Waals surface area contributed by atoms with Crippen molar-refractivity contribution in [3.8, 4) is 0 Å². The maximum atomic E-state index is 10.4. The van der Waals surface area contributed by atoms with Crippen LogP contribution >= 0.6 is 0 Å². The standard InChI is InChI=1S/C11H17NO4S/c13-11(10-5-2-1-3-6-10)9-12-7-4-8-17(14,15)16/h1-3,5-6,11-13H,4,7-9H2,(H,14,15,16). The maximum Gasteiger partial charge on any atom is 0.264 e. The van der Waals surface area contributed by atoms with Gasteiger partial charge in [0.05, 0.1) is 11.9 Å². The van der Waals surface area contributed by atoms with E-state index in [1.807, 2.05) is 30.3 Å². The second-order valence-electron chi connectivity index (χ2n) is 3.77. The molecule has 1 aromatic rings. The quantitative estimate of drug-likeness (QED) is 0.493. The van der Waals surface area contributed by atoms with Gasteiger partial charge in [-0.25, -0.2) is 0 Å². The summed E-state index contributed by atoms with van der Waals surface area (Å²) in [4.78, 5) is 0. The molecule has 5 nitrogen and oxygen atoms in total. The zero-order valence-electron chi connectivity index (χ0n) is 9.41. The fourth-order valence-electron chi connectivity index (χ4n) is 1.41. The predicted octanol–water partition coefficient (Wildman–Crippen LogP) is 0.588. The third-order valence-electron chi connectivity index (χ3n) is 2.28. The van der Waals surface area contributed by atoms with Crippen LogP contribution in [0.25, 0.3) is 0 Å². The van der Waals surface area contributed by atoms with E-state index in [1.165, 1.54) is 0 Å². The lowest BCUT2D eigenvalue weighted by Gasteiger charge is -2.11. The van der Waals surface area contributed by atoms with Crippen molar-refractivity contribution in [3.05, 3.63) is 35.9 Å². The molecule has 0 spiro atoms. The van der Waals surface area contributed by atoms with Crippen LogP contribution in [0.1, 0.15) is 18.1 Å². The van der Waals surface area contributed by atoms with Crippen LogP contribution in [0.5, 0.6) is 0 Å². The minimum absolute atomic E-state index is 0.262. The van der Waals surface area contributed by atoms with E-state index in [0.717, 1.165) is 5.56 Å². The van der Waals surface area contributed by atoms with Crippen molar-refractivity contribution < 1.29 is 18.1 Å². The second kappa shape index (κ2) is 6.70. The Morgan fingerprint density at radius 2 is 1.88 bits per heavy atom. The average molecular weight is 259 g/mol. The third-order valence-corrected chi connectivity index (χ3v) is 3.08. The van der Waals surface area contributed by atoms with Crippen molar-refractivity contribution in [2.24, 2.45) is 0 Å². The molecule has 1 aromatic carbocycles. The first-order chi connectivity index (χ1) is 7.99. The summed E-state index contributed by atoms with van der Waals surface area (Å²) in [5.74, 6) is -0.262. The Labute approximate surface area is 101 Å². The predicted molar refractivity (Wildman–Crippen MR) is 65.3 cm³/mol. The lowest BCUT2D eigenvalue weighted by atomic mass is 10.1. The van der Waals surface area contributed by atoms with E-state index in [-0.39, 0.29) is 5.75 Å². The van der Waals surface area contributed by atoms with Gasteiger partial charge in [-0.1, -0.05) is 30.3 Å². The summed E-state index contributed by atoms with van der Waals surface area (Å²) in [6, 6.07) is 9.21. The molecule has 17 heavy (non-hydrogen) atoms. The molecule has 0 bridgehead atoms. The van der Waals surface area contributed by atoms with E-state index in [1.54, 1.807) is 0 Å². The normalized spacial score (nSPS) is 13.5. The van der Waals surface area contributed by atoms with Gasteiger partial charge in [0.1, 0.15) is 0 Å². The number of nitrogens with one attached hydrogen (secondary N) is 1. The van der Waals surface area contributed by atoms with E-state index in [9.17, 15) is 13.5 Å². The van der Waals surface area contributed by atoms with Crippen LogP contribution in [0.3, 0.4) is 0 Å². The molecule has 0 saturated heterocycles. The molecule has 0 aliphatic carbocycles. The Morgan fingerprint density at radius 3 is 2.47 bits per heavy atom. The molecule has 0 heterocycles. The Balaban J connectivity index is 2.19. The first kappa shape index (κ1) is 14.1. The molecular weight excluding hydrogens is 242 g/mol. The van der Waals surface area contributed by atoms with Crippen LogP contribution in [-0.4, -0.2) is 36.9 Å². The summed E-state index contributed by atoms with van der Waals surface area (Å²) in [7, 11) is -3.88. The van der Waals surface area contributed by atoms with Crippen LogP contribution in [0.15, 0.2) is 30.3 Å². The van der Waals surface area contributed by atoms with Crippen molar-refractivity contribution in [2.75, 3.05) is 18.8 Å². The van der Waals surface area contributed by atoms with Gasteiger partial charge in [0.15, 0.2) is 0 Å². The molecule has 6 heteroatoms. The van der Waals surface area contributed by atoms with Crippen molar-refractivity contribution in [3.63, 3.8) is 0 Å². The van der Waals surface area contributed by atoms with Crippen LogP contribution in [0.2, 0.25) is 0 Å². The molecule has 0 saturated carbocycles. The molecule has 0 radical (unpaired) electrons. The van der Waals surface area contributed by atoms with Crippen LogP contribution in [-0.2, 0) is 10.1 Å². The number of hydrogen-bond donors (Lipinski definition) is 3. The van der Waals surface area contributed by atoms with Gasteiger partial charge in [-0.3, -0.25) is 4.55 Å². The first-order valence-corrected chi connectivity index (χ1v) is 6.99. The summed E-state index contributed by atoms with van der Waals surface area (Å²) in [5.41, 5.74) is 0.815. The van der Waals surface area contributed by atoms with Crippen molar-refractivity contribution in [1.82, 2.24) is 5.32 Å². The Bertz CT molecular complexity index is 418. The molecule has 0 fully saturated rings. The van der Waals surface area contributed by atoms with E-state index in [4.69, 9.17) is 4.55 Å². The van der Waals surface area contributed by atoms with Gasteiger partial charge in [-0.05, 0) is 18.5 Å². The molecule has 1 atom stereocenters. The van der Waals surface area contributed by atoms with Gasteiger partial charge in [0, 0.05) is 6.54 Å². The monoisotopic (exact) mass is 259 g/mol. The highest BCUT2D eigenvalue weighted by atomic mass is 32.2. The Kier molecular flexibility index (Phi) is 5.57. The molecule has 0 aliphatic heterocycles. The van der Waals surface area contributed by atoms with E-state index >= 15 is 0 Å². The Hall–Kier alpha value is -0.950. The molecule has 0 amide bonds. The SMILES string of the molecule is O=S(=O)(O)CCCNCC(O)c1ccccc1. The van der Waals surface area contributed by atoms with Gasteiger partial charge < -0.3 is 10.4 Å². The number of aliphatic hydroxyl groups is 1. The zero-order valence-corrected chi connectivity index (χ0v) is 10.2. The maximum absolute atomic E-state index is 10.4. The molecule has 3 N–H and O–H groups in total. The molecule has 0 aliphatic rings. The van der Waals surface area contributed by atoms with Crippen molar-refractivity contribution in [1.29, 1.82) is 0 Å². The summed E-state index contributed by atoms with van der Waals surface area (Å²) in [6.45, 7) is 0.791. The molecule has 1 unspecified atom stereocenters. The average Bonchev–Trinajstić information content (AvgIpc) is 2.28. The highest BCUT2D eigenvalue weighted by Gasteiger charge is 2.07. The van der Waals surface area contributed by atoms with E-state index < -0.39 is 16.2 Å². The highest BCUT2D eigenvalue weighted by molar-refractivity contribution is 7.85. The summed E-state index contributed by atoms with van der Waals surface area (Å²) in [6.07, 6.45) is -0.290. The minimum Gasteiger partial charge on any atom is -0.387 e. The lowest BCUT2D eigenvalue weighted by molar-refractivity contribution is 0.175. The van der Waals surface area contributed by atoms with Crippen LogP contribution in [0, 0.1) is 0 Å². The second-order valence-corrected chi connectivity index (χ2v) is 5.34. The van der Waals surface area contributed by atoms with Gasteiger partial charge in [-0.15, -0.1) is 0 Å². The fourth-order valence-corrected chi connectivity index (χ4v) is 1.92. The molecule has 96 valence electrons. The van der Waals surface area contributed by atoms with E-state index in [2.05, 4.69) is 5.32 Å². The first-order valence-electron chi connectivity index (χ1n) is 5.38. The molecular formula is C11H17NO4S. The fraction of sp³-hybridized carbons (Fsp3) is 0.455. The van der Waals surface area contributed by atoms with Gasteiger partial charge in [0.25, 0.3) is 10.1 Å². The van der Waals surface area contributed by atoms with Crippen molar-refractivity contribution in [2.45, 2.75) is 12.5 Å². The van der Waals surface area contributed by atoms with E-state index in [0.29, 0.717) is 19.5 Å². The minimum atomic E-state index is -3.88. The number of benzene rings is 1. The number of hydrogen-bond acceptors (Lipinski definition) is 4. The molecule has 0 aromatic heterocycles. The van der Waals surface area contributed by atoms with Crippen LogP contribution in [0.4, 0.5) is 0 Å². The van der Waals surface area contributed by atoms with Crippen molar-refractivity contribution >= 4 is 10.1 Å². The highest BCUT2D eigenvalue weighted by Crippen LogP contribution is 2.10. The third kappa shape index (κ3) is 6.38. The lowest BCUT2D eigenvalue weighted by Crippen LogP contribution is -2.24. The van der Waals surface area contributed by atoms with Gasteiger partial charge >= 0.3 is 0 Å². The number of rotatable bonds is 7. The summed E-state index contributed by atoms with van der Waals surface area (Å²) >= 11 is 0.